The summed E-state index contributed by atoms with van der Waals surface area (Å²) in [6, 6.07) is 15.8. The van der Waals surface area contributed by atoms with Gasteiger partial charge in [0.05, 0.1) is 11.6 Å². The van der Waals surface area contributed by atoms with E-state index in [4.69, 9.17) is 0 Å². The molecule has 1 atom stereocenters. The molecular formula is C23H26N4O4S. The molecule has 2 aliphatic heterocycles. The lowest BCUT2D eigenvalue weighted by molar-refractivity contribution is -0.133. The lowest BCUT2D eigenvalue weighted by Gasteiger charge is -2.36. The molecule has 1 N–H and O–H groups in total. The van der Waals surface area contributed by atoms with Crippen LogP contribution in [-0.2, 0) is 26.8 Å². The summed E-state index contributed by atoms with van der Waals surface area (Å²) in [5, 5.41) is 2.97. The Kier molecular flexibility index (Phi) is 5.27. The summed E-state index contributed by atoms with van der Waals surface area (Å²) in [4.78, 5) is 29.8. The van der Waals surface area contributed by atoms with Crippen LogP contribution in [0.5, 0.6) is 0 Å². The molecule has 2 fully saturated rings. The predicted molar refractivity (Wildman–Crippen MR) is 118 cm³/mol. The number of aryl methyl sites for hydroxylation is 1. The number of hydrogen-bond donors (Lipinski definition) is 1. The van der Waals surface area contributed by atoms with Gasteiger partial charge in [0.15, 0.2) is 0 Å². The van der Waals surface area contributed by atoms with Crippen LogP contribution < -0.4 is 5.32 Å². The smallest absolute Gasteiger partial charge is 0.319 e. The van der Waals surface area contributed by atoms with Crippen LogP contribution in [0.3, 0.4) is 0 Å². The van der Waals surface area contributed by atoms with Gasteiger partial charge >= 0.3 is 6.03 Å². The quantitative estimate of drug-likeness (QED) is 0.711. The third-order valence-electron chi connectivity index (χ3n) is 6.70. The number of benzene rings is 2. The van der Waals surface area contributed by atoms with Gasteiger partial charge in [0.1, 0.15) is 5.54 Å². The molecule has 0 bridgehead atoms. The normalized spacial score (nSPS) is 24.6. The maximum absolute atomic E-state index is 13.4. The molecule has 0 saturated carbocycles. The number of fused-ring (bicyclic) bond motifs is 2. The predicted octanol–water partition coefficient (Wildman–Crippen LogP) is 1.73. The van der Waals surface area contributed by atoms with Crippen molar-refractivity contribution in [3.63, 3.8) is 0 Å². The molecule has 1 spiro atoms. The third kappa shape index (κ3) is 3.41. The van der Waals surface area contributed by atoms with Gasteiger partial charge in [0.25, 0.3) is 5.91 Å². The summed E-state index contributed by atoms with van der Waals surface area (Å²) in [5.74, 6) is -0.214. The number of carbonyl (C=O) groups excluding carboxylic acids is 2. The van der Waals surface area contributed by atoms with E-state index in [1.54, 1.807) is 30.3 Å². The van der Waals surface area contributed by atoms with Gasteiger partial charge in [-0.1, -0.05) is 42.5 Å². The van der Waals surface area contributed by atoms with Crippen molar-refractivity contribution in [1.82, 2.24) is 19.4 Å². The average Bonchev–Trinajstić information content (AvgIpc) is 3.05. The first kappa shape index (κ1) is 21.1. The van der Waals surface area contributed by atoms with Crippen LogP contribution in [0, 0.1) is 0 Å². The Morgan fingerprint density at radius 2 is 1.59 bits per heavy atom. The molecule has 0 radical (unpaired) electrons. The fraction of sp³-hybridized carbons (Fsp3) is 0.391. The molecule has 8 nitrogen and oxygen atoms in total. The average molecular weight is 455 g/mol. The number of imide groups is 1. The Bertz CT molecular complexity index is 1150. The van der Waals surface area contributed by atoms with Gasteiger partial charge in [-0.15, -0.1) is 0 Å². The van der Waals surface area contributed by atoms with Gasteiger partial charge in [-0.05, 0) is 42.5 Å². The van der Waals surface area contributed by atoms with Crippen molar-refractivity contribution in [3.8, 4) is 0 Å². The maximum Gasteiger partial charge on any atom is 0.326 e. The molecule has 9 heteroatoms. The molecule has 168 valence electrons. The molecule has 3 aliphatic rings. The SMILES string of the molecule is O=C1NC2(CCCc3ccccc32)C(=O)N1CN1CCN(S(=O)(=O)c2ccccc2)CC1. The van der Waals surface area contributed by atoms with Crippen LogP contribution in [0.15, 0.2) is 59.5 Å². The van der Waals surface area contributed by atoms with Crippen molar-refractivity contribution in [3.05, 3.63) is 65.7 Å². The van der Waals surface area contributed by atoms with Crippen LogP contribution in [-0.4, -0.2) is 67.3 Å². The summed E-state index contributed by atoms with van der Waals surface area (Å²) < 4.78 is 27.1. The summed E-state index contributed by atoms with van der Waals surface area (Å²) in [6.45, 7) is 1.69. The monoisotopic (exact) mass is 454 g/mol. The first-order valence-corrected chi connectivity index (χ1v) is 12.4. The topological polar surface area (TPSA) is 90.0 Å². The molecular weight excluding hydrogens is 428 g/mol. The third-order valence-corrected chi connectivity index (χ3v) is 8.62. The van der Waals surface area contributed by atoms with E-state index < -0.39 is 15.6 Å². The van der Waals surface area contributed by atoms with E-state index in [9.17, 15) is 18.0 Å². The number of nitrogens with zero attached hydrogens (tertiary/aromatic N) is 3. The molecule has 5 rings (SSSR count). The number of urea groups is 1. The van der Waals surface area contributed by atoms with Crippen LogP contribution in [0.25, 0.3) is 0 Å². The molecule has 0 aromatic heterocycles. The minimum atomic E-state index is -3.54. The summed E-state index contributed by atoms with van der Waals surface area (Å²) in [7, 11) is -3.54. The molecule has 2 heterocycles. The number of rotatable bonds is 4. The van der Waals surface area contributed by atoms with Crippen LogP contribution in [0.4, 0.5) is 4.79 Å². The van der Waals surface area contributed by atoms with Gasteiger partial charge in [0, 0.05) is 26.2 Å². The van der Waals surface area contributed by atoms with E-state index in [1.807, 2.05) is 29.2 Å². The second-order valence-electron chi connectivity index (χ2n) is 8.56. The van der Waals surface area contributed by atoms with Crippen molar-refractivity contribution >= 4 is 22.0 Å². The molecule has 32 heavy (non-hydrogen) atoms. The van der Waals surface area contributed by atoms with Gasteiger partial charge in [-0.25, -0.2) is 18.1 Å². The number of nitrogens with one attached hydrogen (secondary N) is 1. The van der Waals surface area contributed by atoms with E-state index in [-0.39, 0.29) is 23.5 Å². The highest BCUT2D eigenvalue weighted by atomic mass is 32.2. The first-order valence-electron chi connectivity index (χ1n) is 10.9. The van der Waals surface area contributed by atoms with Crippen LogP contribution in [0.1, 0.15) is 24.0 Å². The lowest BCUT2D eigenvalue weighted by Crippen LogP contribution is -2.53. The maximum atomic E-state index is 13.4. The lowest BCUT2D eigenvalue weighted by atomic mass is 9.76. The minimum Gasteiger partial charge on any atom is -0.319 e. The van der Waals surface area contributed by atoms with Crippen LogP contribution in [0.2, 0.25) is 0 Å². The Labute approximate surface area is 187 Å². The molecule has 1 unspecified atom stereocenters. The Morgan fingerprint density at radius 1 is 0.906 bits per heavy atom. The van der Waals surface area contributed by atoms with Crippen molar-refractivity contribution in [2.75, 3.05) is 32.8 Å². The van der Waals surface area contributed by atoms with Crippen molar-refractivity contribution in [1.29, 1.82) is 0 Å². The number of hydrogen-bond acceptors (Lipinski definition) is 5. The highest BCUT2D eigenvalue weighted by Gasteiger charge is 2.54. The number of piperazine rings is 1. The second-order valence-corrected chi connectivity index (χ2v) is 10.5. The van der Waals surface area contributed by atoms with Gasteiger partial charge in [-0.2, -0.15) is 4.31 Å². The van der Waals surface area contributed by atoms with Crippen molar-refractivity contribution < 1.29 is 18.0 Å². The zero-order chi connectivity index (χ0) is 22.3. The fourth-order valence-electron chi connectivity index (χ4n) is 4.99. The number of sulfonamides is 1. The standard InChI is InChI=1S/C23H26N4O4S/c28-21-23(12-6-8-18-7-4-5-11-20(18)23)24-22(29)27(21)17-25-13-15-26(16-14-25)32(30,31)19-9-2-1-3-10-19/h1-5,7,9-11H,6,8,12-17H2,(H,24,29). The highest BCUT2D eigenvalue weighted by Crippen LogP contribution is 2.39. The van der Waals surface area contributed by atoms with Crippen molar-refractivity contribution in [2.24, 2.45) is 0 Å². The Balaban J connectivity index is 1.28. The molecule has 1 aliphatic carbocycles. The summed E-state index contributed by atoms with van der Waals surface area (Å²) >= 11 is 0. The van der Waals surface area contributed by atoms with E-state index in [1.165, 1.54) is 9.21 Å². The number of carbonyl (C=O) groups is 2. The van der Waals surface area contributed by atoms with E-state index in [0.29, 0.717) is 32.6 Å². The van der Waals surface area contributed by atoms with Crippen LogP contribution >= 0.6 is 0 Å². The van der Waals surface area contributed by atoms with Gasteiger partial charge in [-0.3, -0.25) is 9.69 Å². The highest BCUT2D eigenvalue weighted by molar-refractivity contribution is 7.89. The Morgan fingerprint density at radius 3 is 2.34 bits per heavy atom. The summed E-state index contributed by atoms with van der Waals surface area (Å²) in [6.07, 6.45) is 2.33. The zero-order valence-corrected chi connectivity index (χ0v) is 18.6. The molecule has 2 aromatic carbocycles. The molecule has 2 aromatic rings. The van der Waals surface area contributed by atoms with E-state index >= 15 is 0 Å². The molecule has 3 amide bonds. The second kappa shape index (κ2) is 7.99. The van der Waals surface area contributed by atoms with Gasteiger partial charge in [0.2, 0.25) is 10.0 Å². The number of amides is 3. The first-order chi connectivity index (χ1) is 15.4. The zero-order valence-electron chi connectivity index (χ0n) is 17.7. The molecule has 2 saturated heterocycles. The fourth-order valence-corrected chi connectivity index (χ4v) is 6.44. The Hall–Kier alpha value is -2.75. The van der Waals surface area contributed by atoms with E-state index in [2.05, 4.69) is 5.32 Å². The largest absolute Gasteiger partial charge is 0.326 e. The van der Waals surface area contributed by atoms with Gasteiger partial charge < -0.3 is 5.32 Å². The summed E-state index contributed by atoms with van der Waals surface area (Å²) in [5.41, 5.74) is 1.02. The minimum absolute atomic E-state index is 0.161. The van der Waals surface area contributed by atoms with Crippen molar-refractivity contribution in [2.45, 2.75) is 29.7 Å². The van der Waals surface area contributed by atoms with E-state index in [0.717, 1.165) is 24.0 Å².